The number of hydrogen-bond donors (Lipinski definition) is 2. The van der Waals surface area contributed by atoms with Crippen molar-refractivity contribution in [2.75, 3.05) is 6.61 Å². The van der Waals surface area contributed by atoms with E-state index in [2.05, 4.69) is 0 Å². The quantitative estimate of drug-likeness (QED) is 0.513. The normalized spacial score (nSPS) is 10.6. The highest BCUT2D eigenvalue weighted by molar-refractivity contribution is 7.99. The Bertz CT molecular complexity index is 974. The first-order chi connectivity index (χ1) is 12.9. The maximum Gasteiger partial charge on any atom is 0.341 e. The lowest BCUT2D eigenvalue weighted by Gasteiger charge is -2.10. The zero-order valence-electron chi connectivity index (χ0n) is 13.9. The fourth-order valence-electron chi connectivity index (χ4n) is 2.39. The molecule has 3 rings (SSSR count). The van der Waals surface area contributed by atoms with Crippen molar-refractivity contribution in [2.45, 2.75) is 9.79 Å². The molecule has 7 heteroatoms. The van der Waals surface area contributed by atoms with Gasteiger partial charge in [-0.1, -0.05) is 47.1 Å². The molecule has 0 aromatic heterocycles. The van der Waals surface area contributed by atoms with Crippen LogP contribution in [-0.2, 0) is 4.79 Å². The van der Waals surface area contributed by atoms with Crippen molar-refractivity contribution < 1.29 is 19.7 Å². The molecule has 27 heavy (non-hydrogen) atoms. The molecule has 4 nitrogen and oxygen atoms in total. The smallest absolute Gasteiger partial charge is 0.341 e. The van der Waals surface area contributed by atoms with Gasteiger partial charge in [-0.15, -0.1) is 0 Å². The van der Waals surface area contributed by atoms with Gasteiger partial charge in [0.05, 0.1) is 5.02 Å². The minimum Gasteiger partial charge on any atom is -0.508 e. The number of carboxylic acids is 1. The van der Waals surface area contributed by atoms with Crippen molar-refractivity contribution in [1.82, 2.24) is 0 Å². The summed E-state index contributed by atoms with van der Waals surface area (Å²) in [6, 6.07) is 17.7. The van der Waals surface area contributed by atoms with Crippen LogP contribution in [0.15, 0.2) is 70.5 Å². The number of benzene rings is 3. The molecule has 138 valence electrons. The summed E-state index contributed by atoms with van der Waals surface area (Å²) in [7, 11) is 0. The van der Waals surface area contributed by atoms with Crippen molar-refractivity contribution in [2.24, 2.45) is 0 Å². The predicted octanol–water partition coefficient (Wildman–Crippen LogP) is 5.98. The lowest BCUT2D eigenvalue weighted by molar-refractivity contribution is -0.139. The number of rotatable bonds is 6. The molecule has 0 spiro atoms. The summed E-state index contributed by atoms with van der Waals surface area (Å²) in [4.78, 5) is 12.2. The number of aromatic hydroxyl groups is 1. The third-order valence-electron chi connectivity index (χ3n) is 3.56. The van der Waals surface area contributed by atoms with E-state index in [1.54, 1.807) is 42.5 Å². The van der Waals surface area contributed by atoms with E-state index in [-0.39, 0.29) is 5.75 Å². The largest absolute Gasteiger partial charge is 0.508 e. The number of phenols is 1. The van der Waals surface area contributed by atoms with E-state index in [1.807, 2.05) is 18.2 Å². The molecule has 0 heterocycles. The lowest BCUT2D eigenvalue weighted by Crippen LogP contribution is -2.09. The molecule has 0 radical (unpaired) electrons. The van der Waals surface area contributed by atoms with E-state index < -0.39 is 12.6 Å². The van der Waals surface area contributed by atoms with Gasteiger partial charge < -0.3 is 14.9 Å². The Hall–Kier alpha value is -2.34. The van der Waals surface area contributed by atoms with Crippen LogP contribution >= 0.6 is 35.0 Å². The molecule has 3 aromatic carbocycles. The minimum absolute atomic E-state index is 0.150. The molecular weight excluding hydrogens is 407 g/mol. The first kappa shape index (κ1) is 19.4. The van der Waals surface area contributed by atoms with Crippen molar-refractivity contribution in [3.63, 3.8) is 0 Å². The fourth-order valence-corrected chi connectivity index (χ4v) is 3.77. The fraction of sp³-hybridized carbons (Fsp3) is 0.0500. The van der Waals surface area contributed by atoms with Gasteiger partial charge in [-0.05, 0) is 59.7 Å². The average Bonchev–Trinajstić information content (AvgIpc) is 2.61. The molecule has 0 aliphatic rings. The van der Waals surface area contributed by atoms with E-state index >= 15 is 0 Å². The summed E-state index contributed by atoms with van der Waals surface area (Å²) in [5.74, 6) is -0.613. The van der Waals surface area contributed by atoms with Gasteiger partial charge in [-0.3, -0.25) is 0 Å². The molecule has 0 fully saturated rings. The number of aliphatic carboxylic acids is 1. The topological polar surface area (TPSA) is 66.8 Å². The van der Waals surface area contributed by atoms with E-state index in [1.165, 1.54) is 11.8 Å². The summed E-state index contributed by atoms with van der Waals surface area (Å²) in [6.45, 7) is -0.455. The maximum atomic E-state index is 10.6. The lowest BCUT2D eigenvalue weighted by atomic mass is 10.1. The van der Waals surface area contributed by atoms with Crippen LogP contribution in [0, 0.1) is 0 Å². The highest BCUT2D eigenvalue weighted by atomic mass is 35.5. The summed E-state index contributed by atoms with van der Waals surface area (Å²) in [6.07, 6.45) is 0. The first-order valence-electron chi connectivity index (χ1n) is 7.83. The van der Waals surface area contributed by atoms with Gasteiger partial charge in [0.2, 0.25) is 0 Å². The number of carbonyl (C=O) groups is 1. The summed E-state index contributed by atoms with van der Waals surface area (Å²) in [5, 5.41) is 19.7. The Labute approximate surface area is 170 Å². The van der Waals surface area contributed by atoms with E-state index in [0.29, 0.717) is 15.8 Å². The van der Waals surface area contributed by atoms with Gasteiger partial charge in [0.15, 0.2) is 6.61 Å². The first-order valence-corrected chi connectivity index (χ1v) is 9.40. The second-order valence-electron chi connectivity index (χ2n) is 5.60. The van der Waals surface area contributed by atoms with Crippen LogP contribution < -0.4 is 4.74 Å². The predicted molar refractivity (Wildman–Crippen MR) is 107 cm³/mol. The van der Waals surface area contributed by atoms with Gasteiger partial charge in [-0.25, -0.2) is 4.79 Å². The molecule has 0 unspecified atom stereocenters. The molecule has 0 saturated heterocycles. The number of carboxylic acid groups (broad SMARTS) is 1. The van der Waals surface area contributed by atoms with Crippen LogP contribution in [0.3, 0.4) is 0 Å². The van der Waals surface area contributed by atoms with Gasteiger partial charge in [-0.2, -0.15) is 0 Å². The molecule has 0 aliphatic heterocycles. The molecular formula is C20H14Cl2O4S. The Kier molecular flexibility index (Phi) is 6.16. The number of hydrogen-bond acceptors (Lipinski definition) is 4. The second-order valence-corrected chi connectivity index (χ2v) is 7.59. The van der Waals surface area contributed by atoms with Crippen molar-refractivity contribution >= 4 is 40.9 Å². The van der Waals surface area contributed by atoms with Crippen molar-refractivity contribution in [3.05, 3.63) is 70.7 Å². The van der Waals surface area contributed by atoms with Gasteiger partial charge in [0.25, 0.3) is 0 Å². The Morgan fingerprint density at radius 3 is 2.33 bits per heavy atom. The van der Waals surface area contributed by atoms with Crippen LogP contribution in [0.1, 0.15) is 0 Å². The molecule has 0 aliphatic carbocycles. The standard InChI is InChI=1S/C20H14Cl2O4S/c21-14-3-1-12(2-4-14)13-7-15(23)9-17(8-13)27-16-5-6-19(18(22)10-16)26-11-20(24)25/h1-10,23H,11H2,(H,24,25). The molecule has 3 aromatic rings. The molecule has 0 amide bonds. The highest BCUT2D eigenvalue weighted by Gasteiger charge is 2.09. The Balaban J connectivity index is 1.82. The zero-order chi connectivity index (χ0) is 19.4. The van der Waals surface area contributed by atoms with Gasteiger partial charge in [0, 0.05) is 14.8 Å². The third-order valence-corrected chi connectivity index (χ3v) is 5.07. The minimum atomic E-state index is -1.07. The van der Waals surface area contributed by atoms with Crippen molar-refractivity contribution in [3.8, 4) is 22.6 Å². The van der Waals surface area contributed by atoms with Gasteiger partial charge >= 0.3 is 5.97 Å². The second kappa shape index (κ2) is 8.57. The van der Waals surface area contributed by atoms with Crippen LogP contribution in [0.25, 0.3) is 11.1 Å². The highest BCUT2D eigenvalue weighted by Crippen LogP contribution is 2.37. The van der Waals surface area contributed by atoms with Crippen LogP contribution in [-0.4, -0.2) is 22.8 Å². The Morgan fingerprint density at radius 1 is 0.926 bits per heavy atom. The summed E-state index contributed by atoms with van der Waals surface area (Å²) >= 11 is 13.5. The van der Waals surface area contributed by atoms with E-state index in [0.717, 1.165) is 20.9 Å². The number of phenolic OH excluding ortho intramolecular Hbond substituents is 1. The number of halogens is 2. The third kappa shape index (κ3) is 5.32. The maximum absolute atomic E-state index is 10.6. The van der Waals surface area contributed by atoms with Crippen LogP contribution in [0.5, 0.6) is 11.5 Å². The number of ether oxygens (including phenoxy) is 1. The summed E-state index contributed by atoms with van der Waals surface area (Å²) in [5.41, 5.74) is 1.80. The SMILES string of the molecule is O=C(O)COc1ccc(Sc2cc(O)cc(-c3ccc(Cl)cc3)c2)cc1Cl. The molecule has 0 bridgehead atoms. The van der Waals surface area contributed by atoms with E-state index in [4.69, 9.17) is 33.0 Å². The zero-order valence-corrected chi connectivity index (χ0v) is 16.2. The van der Waals surface area contributed by atoms with Crippen molar-refractivity contribution in [1.29, 1.82) is 0 Å². The van der Waals surface area contributed by atoms with E-state index in [9.17, 15) is 9.90 Å². The van der Waals surface area contributed by atoms with Crippen LogP contribution in [0.2, 0.25) is 10.0 Å². The Morgan fingerprint density at radius 2 is 1.67 bits per heavy atom. The summed E-state index contributed by atoms with van der Waals surface area (Å²) < 4.78 is 5.12. The average molecular weight is 421 g/mol. The van der Waals surface area contributed by atoms with Crippen LogP contribution in [0.4, 0.5) is 0 Å². The van der Waals surface area contributed by atoms with Gasteiger partial charge in [0.1, 0.15) is 11.5 Å². The molecule has 0 atom stereocenters. The molecule has 0 saturated carbocycles. The molecule has 2 N–H and O–H groups in total. The monoisotopic (exact) mass is 420 g/mol.